The van der Waals surface area contributed by atoms with Crippen molar-refractivity contribution in [3.8, 4) is 11.4 Å². The fourth-order valence-corrected chi connectivity index (χ4v) is 4.40. The number of fused-ring (bicyclic) bond motifs is 1. The third-order valence-electron chi connectivity index (χ3n) is 5.43. The van der Waals surface area contributed by atoms with E-state index >= 15 is 0 Å². The number of nitrogens with zero attached hydrogens (tertiary/aromatic N) is 3. The Morgan fingerprint density at radius 2 is 2.12 bits per heavy atom. The van der Waals surface area contributed by atoms with Gasteiger partial charge in [-0.25, -0.2) is 9.78 Å². The summed E-state index contributed by atoms with van der Waals surface area (Å²) in [7, 11) is 1.83. The molecule has 0 radical (unpaired) electrons. The van der Waals surface area contributed by atoms with Crippen LogP contribution in [0.5, 0.6) is 0 Å². The van der Waals surface area contributed by atoms with Crippen LogP contribution < -0.4 is 5.76 Å². The molecule has 2 saturated carbocycles. The van der Waals surface area contributed by atoms with Crippen LogP contribution in [0, 0.1) is 24.2 Å². The Labute approximate surface area is 145 Å². The van der Waals surface area contributed by atoms with E-state index < -0.39 is 5.76 Å². The van der Waals surface area contributed by atoms with Crippen LogP contribution in [0.25, 0.3) is 11.4 Å². The number of amides is 1. The summed E-state index contributed by atoms with van der Waals surface area (Å²) in [5.74, 6) is 1.32. The maximum atomic E-state index is 12.9. The summed E-state index contributed by atoms with van der Waals surface area (Å²) in [5, 5.41) is 3.68. The number of aromatic nitrogens is 3. The summed E-state index contributed by atoms with van der Waals surface area (Å²) in [6, 6.07) is 3.41. The minimum Gasteiger partial charge on any atom is -0.340 e. The monoisotopic (exact) mass is 342 g/mol. The molecule has 0 bridgehead atoms. The van der Waals surface area contributed by atoms with Crippen LogP contribution in [0.3, 0.4) is 0 Å². The average molecular weight is 342 g/mol. The Morgan fingerprint density at radius 3 is 2.76 bits per heavy atom. The Hall–Kier alpha value is -2.44. The molecule has 132 valence electrons. The standard InChI is InChI=1S/C18H22N4O3/c1-10-4-11(15-20-17(24)25-21-15)6-14(19-10)16(23)22(3)9-18(2)7-12-5-13(12)8-18/h4,6,12-13H,5,7-9H2,1-3H3,(H,20,21,24). The van der Waals surface area contributed by atoms with Gasteiger partial charge in [-0.05, 0) is 55.6 Å². The molecule has 7 heteroatoms. The van der Waals surface area contributed by atoms with Crippen molar-refractivity contribution >= 4 is 5.91 Å². The molecule has 7 nitrogen and oxygen atoms in total. The number of rotatable bonds is 4. The zero-order valence-electron chi connectivity index (χ0n) is 14.7. The number of pyridine rings is 1. The number of aromatic amines is 1. The van der Waals surface area contributed by atoms with Gasteiger partial charge in [0.25, 0.3) is 5.91 Å². The first-order valence-corrected chi connectivity index (χ1v) is 8.63. The third-order valence-corrected chi connectivity index (χ3v) is 5.43. The molecule has 0 aliphatic heterocycles. The highest BCUT2D eigenvalue weighted by molar-refractivity contribution is 5.93. The largest absolute Gasteiger partial charge is 0.439 e. The van der Waals surface area contributed by atoms with Crippen LogP contribution in [-0.2, 0) is 0 Å². The van der Waals surface area contributed by atoms with E-state index in [1.165, 1.54) is 19.3 Å². The fourth-order valence-electron chi connectivity index (χ4n) is 4.40. The molecule has 2 heterocycles. The van der Waals surface area contributed by atoms with Crippen LogP contribution in [0.2, 0.25) is 0 Å². The zero-order chi connectivity index (χ0) is 17.8. The maximum absolute atomic E-state index is 12.9. The number of carbonyl (C=O) groups is 1. The number of aryl methyl sites for hydroxylation is 1. The molecule has 2 aromatic rings. The quantitative estimate of drug-likeness (QED) is 0.920. The molecule has 2 atom stereocenters. The number of nitrogens with one attached hydrogen (secondary N) is 1. The number of hydrogen-bond acceptors (Lipinski definition) is 5. The van der Waals surface area contributed by atoms with Gasteiger partial charge in [-0.15, -0.1) is 0 Å². The van der Waals surface area contributed by atoms with Crippen LogP contribution >= 0.6 is 0 Å². The summed E-state index contributed by atoms with van der Waals surface area (Å²) in [4.78, 5) is 32.7. The normalized spacial score (nSPS) is 27.2. The topological polar surface area (TPSA) is 92.1 Å². The lowest BCUT2D eigenvalue weighted by molar-refractivity contribution is 0.0712. The van der Waals surface area contributed by atoms with E-state index in [4.69, 9.17) is 0 Å². The van der Waals surface area contributed by atoms with Crippen molar-refractivity contribution in [3.63, 3.8) is 0 Å². The van der Waals surface area contributed by atoms with Crippen molar-refractivity contribution in [2.24, 2.45) is 17.3 Å². The van der Waals surface area contributed by atoms with Crippen LogP contribution in [-0.4, -0.2) is 39.5 Å². The maximum Gasteiger partial charge on any atom is 0.439 e. The zero-order valence-corrected chi connectivity index (χ0v) is 14.7. The molecule has 1 N–H and O–H groups in total. The molecule has 2 aromatic heterocycles. The second kappa shape index (κ2) is 5.54. The Bertz CT molecular complexity index is 874. The van der Waals surface area contributed by atoms with Gasteiger partial charge in [0.15, 0.2) is 5.82 Å². The number of H-pyrrole nitrogens is 1. The number of hydrogen-bond donors (Lipinski definition) is 1. The third kappa shape index (κ3) is 3.10. The lowest BCUT2D eigenvalue weighted by atomic mass is 9.84. The molecule has 0 aromatic carbocycles. The van der Waals surface area contributed by atoms with Gasteiger partial charge in [-0.2, -0.15) is 0 Å². The van der Waals surface area contributed by atoms with Gasteiger partial charge in [0.1, 0.15) is 5.69 Å². The number of carbonyl (C=O) groups excluding carboxylic acids is 1. The van der Waals surface area contributed by atoms with Crippen LogP contribution in [0.4, 0.5) is 0 Å². The van der Waals surface area contributed by atoms with Gasteiger partial charge in [0, 0.05) is 24.8 Å². The first-order chi connectivity index (χ1) is 11.8. The van der Waals surface area contributed by atoms with Gasteiger partial charge < -0.3 is 4.90 Å². The molecule has 4 rings (SSSR count). The molecule has 2 aliphatic rings. The van der Waals surface area contributed by atoms with Gasteiger partial charge >= 0.3 is 5.76 Å². The van der Waals surface area contributed by atoms with E-state index in [0.717, 1.165) is 18.4 Å². The summed E-state index contributed by atoms with van der Waals surface area (Å²) >= 11 is 0. The SMILES string of the molecule is Cc1cc(-c2noc(=O)[nH]2)cc(C(=O)N(C)CC2(C)CC3CC3C2)n1. The Balaban J connectivity index is 1.55. The fraction of sp³-hybridized carbons (Fsp3) is 0.556. The molecule has 0 saturated heterocycles. The molecule has 1 amide bonds. The van der Waals surface area contributed by atoms with Crippen molar-refractivity contribution in [3.05, 3.63) is 34.1 Å². The van der Waals surface area contributed by atoms with Gasteiger partial charge in [-0.1, -0.05) is 12.1 Å². The lowest BCUT2D eigenvalue weighted by Crippen LogP contribution is -2.37. The molecule has 0 spiro atoms. The highest BCUT2D eigenvalue weighted by Gasteiger charge is 2.51. The average Bonchev–Trinajstić information content (AvgIpc) is 2.95. The summed E-state index contributed by atoms with van der Waals surface area (Å²) in [6.07, 6.45) is 3.79. The van der Waals surface area contributed by atoms with E-state index in [-0.39, 0.29) is 11.3 Å². The van der Waals surface area contributed by atoms with Gasteiger partial charge in [-0.3, -0.25) is 14.3 Å². The van der Waals surface area contributed by atoms with Crippen LogP contribution in [0.1, 0.15) is 42.4 Å². The highest BCUT2D eigenvalue weighted by atomic mass is 16.5. The Morgan fingerprint density at radius 1 is 1.40 bits per heavy atom. The van der Waals surface area contributed by atoms with E-state index in [2.05, 4.69) is 26.6 Å². The predicted molar refractivity (Wildman–Crippen MR) is 91.0 cm³/mol. The van der Waals surface area contributed by atoms with Crippen molar-refractivity contribution < 1.29 is 9.32 Å². The second-order valence-electron chi connectivity index (χ2n) is 7.96. The van der Waals surface area contributed by atoms with Crippen LogP contribution in [0.15, 0.2) is 21.5 Å². The second-order valence-corrected chi connectivity index (χ2v) is 7.96. The minimum atomic E-state index is -0.623. The first-order valence-electron chi connectivity index (χ1n) is 8.63. The smallest absolute Gasteiger partial charge is 0.340 e. The first kappa shape index (κ1) is 16.1. The van der Waals surface area contributed by atoms with E-state index in [9.17, 15) is 9.59 Å². The molecule has 2 fully saturated rings. The summed E-state index contributed by atoms with van der Waals surface area (Å²) in [5.41, 5.74) is 1.87. The van der Waals surface area contributed by atoms with E-state index in [1.54, 1.807) is 17.0 Å². The molecule has 2 aliphatic carbocycles. The molecular weight excluding hydrogens is 320 g/mol. The predicted octanol–water partition coefficient (Wildman–Crippen LogP) is 2.24. The summed E-state index contributed by atoms with van der Waals surface area (Å²) < 4.78 is 4.55. The van der Waals surface area contributed by atoms with Gasteiger partial charge in [0.2, 0.25) is 0 Å². The van der Waals surface area contributed by atoms with Crippen molar-refractivity contribution in [1.82, 2.24) is 20.0 Å². The molecular formula is C18H22N4O3. The van der Waals surface area contributed by atoms with Crippen molar-refractivity contribution in [2.45, 2.75) is 33.1 Å². The van der Waals surface area contributed by atoms with Crippen molar-refractivity contribution in [1.29, 1.82) is 0 Å². The van der Waals surface area contributed by atoms with Gasteiger partial charge in [0.05, 0.1) is 0 Å². The van der Waals surface area contributed by atoms with Crippen molar-refractivity contribution in [2.75, 3.05) is 13.6 Å². The molecule has 25 heavy (non-hydrogen) atoms. The highest BCUT2D eigenvalue weighted by Crippen LogP contribution is 2.59. The molecule has 2 unspecified atom stereocenters. The minimum absolute atomic E-state index is 0.113. The van der Waals surface area contributed by atoms with E-state index in [0.29, 0.717) is 22.8 Å². The lowest BCUT2D eigenvalue weighted by Gasteiger charge is -2.31. The van der Waals surface area contributed by atoms with E-state index in [1.807, 2.05) is 14.0 Å². The summed E-state index contributed by atoms with van der Waals surface area (Å²) in [6.45, 7) is 4.83. The Kier molecular flexibility index (Phi) is 3.56.